The van der Waals surface area contributed by atoms with Crippen LogP contribution in [0.2, 0.25) is 0 Å². The van der Waals surface area contributed by atoms with Crippen LogP contribution in [0.5, 0.6) is 0 Å². The largest absolute Gasteiger partial charge is 0.324 e. The summed E-state index contributed by atoms with van der Waals surface area (Å²) in [7, 11) is 0. The number of nitrogens with one attached hydrogen (secondary N) is 1. The van der Waals surface area contributed by atoms with E-state index in [2.05, 4.69) is 17.5 Å². The van der Waals surface area contributed by atoms with Crippen molar-refractivity contribution in [1.29, 1.82) is 0 Å². The molecular weight excluding hydrogens is 304 g/mol. The van der Waals surface area contributed by atoms with Crippen LogP contribution in [0, 0.1) is 23.7 Å². The Kier molecular flexibility index (Phi) is 3.52. The van der Waals surface area contributed by atoms with E-state index in [0.29, 0.717) is 0 Å². The quantitative estimate of drug-likeness (QED) is 0.680. The Bertz CT molecular complexity index is 725. The molecule has 0 spiro atoms. The predicted octanol–water partition coefficient (Wildman–Crippen LogP) is 1.99. The molecule has 124 valence electrons. The van der Waals surface area contributed by atoms with Gasteiger partial charge in [-0.2, -0.15) is 0 Å². The van der Waals surface area contributed by atoms with E-state index in [1.807, 2.05) is 31.2 Å². The first kappa shape index (κ1) is 15.1. The summed E-state index contributed by atoms with van der Waals surface area (Å²) in [5.41, 5.74) is 1.77. The predicted molar refractivity (Wildman–Crippen MR) is 88.9 cm³/mol. The highest BCUT2D eigenvalue weighted by molar-refractivity contribution is 6.09. The van der Waals surface area contributed by atoms with Crippen LogP contribution in [-0.4, -0.2) is 29.2 Å². The van der Waals surface area contributed by atoms with E-state index in [-0.39, 0.29) is 47.9 Å². The zero-order valence-electron chi connectivity index (χ0n) is 13.6. The summed E-state index contributed by atoms with van der Waals surface area (Å²) < 4.78 is 0. The van der Waals surface area contributed by atoms with Crippen molar-refractivity contribution in [1.82, 2.24) is 4.90 Å². The van der Waals surface area contributed by atoms with Gasteiger partial charge in [0.15, 0.2) is 0 Å². The van der Waals surface area contributed by atoms with Gasteiger partial charge in [0.05, 0.1) is 11.8 Å². The lowest BCUT2D eigenvalue weighted by Crippen LogP contribution is -2.39. The molecule has 1 aromatic carbocycles. The molecule has 1 heterocycles. The molecule has 1 N–H and O–H groups in total. The number of nitrogens with zero attached hydrogens (tertiary/aromatic N) is 1. The van der Waals surface area contributed by atoms with Crippen LogP contribution in [0.15, 0.2) is 36.4 Å². The highest BCUT2D eigenvalue weighted by atomic mass is 16.2. The molecule has 1 aliphatic heterocycles. The van der Waals surface area contributed by atoms with Gasteiger partial charge in [0, 0.05) is 5.69 Å². The van der Waals surface area contributed by atoms with Gasteiger partial charge in [0.2, 0.25) is 17.7 Å². The SMILES string of the molecule is CCc1ccccc1NC(=O)CN1C(=O)[C@@H]2[C@H](C1=O)[C@H]1C=C[C@H]2C1. The first-order valence-electron chi connectivity index (χ1n) is 8.51. The molecule has 2 fully saturated rings. The first-order valence-corrected chi connectivity index (χ1v) is 8.51. The van der Waals surface area contributed by atoms with Crippen molar-refractivity contribution in [2.75, 3.05) is 11.9 Å². The van der Waals surface area contributed by atoms with Gasteiger partial charge in [-0.25, -0.2) is 0 Å². The molecule has 2 bridgehead atoms. The van der Waals surface area contributed by atoms with Crippen LogP contribution in [0.3, 0.4) is 0 Å². The summed E-state index contributed by atoms with van der Waals surface area (Å²) in [5, 5.41) is 2.83. The first-order chi connectivity index (χ1) is 11.6. The number of fused-ring (bicyclic) bond motifs is 5. The molecule has 2 aliphatic carbocycles. The molecule has 5 nitrogen and oxygen atoms in total. The minimum absolute atomic E-state index is 0.172. The van der Waals surface area contributed by atoms with Gasteiger partial charge in [-0.15, -0.1) is 0 Å². The number of anilines is 1. The summed E-state index contributed by atoms with van der Waals surface area (Å²) in [6.07, 6.45) is 5.81. The van der Waals surface area contributed by atoms with Crippen molar-refractivity contribution in [2.24, 2.45) is 23.7 Å². The monoisotopic (exact) mass is 324 g/mol. The molecule has 0 unspecified atom stereocenters. The number of hydrogen-bond donors (Lipinski definition) is 1. The summed E-state index contributed by atoms with van der Waals surface area (Å²) in [6.45, 7) is 1.82. The topological polar surface area (TPSA) is 66.5 Å². The maximum atomic E-state index is 12.6. The lowest BCUT2D eigenvalue weighted by Gasteiger charge is -2.17. The van der Waals surface area contributed by atoms with Crippen molar-refractivity contribution in [3.8, 4) is 0 Å². The van der Waals surface area contributed by atoms with Crippen LogP contribution in [0.25, 0.3) is 0 Å². The third-order valence-corrected chi connectivity index (χ3v) is 5.54. The van der Waals surface area contributed by atoms with Crippen LogP contribution in [0.1, 0.15) is 18.9 Å². The number of benzene rings is 1. The van der Waals surface area contributed by atoms with Crippen LogP contribution >= 0.6 is 0 Å². The van der Waals surface area contributed by atoms with E-state index in [1.54, 1.807) is 0 Å². The number of hydrogen-bond acceptors (Lipinski definition) is 3. The molecule has 3 aliphatic rings. The van der Waals surface area contributed by atoms with Gasteiger partial charge in [0.25, 0.3) is 0 Å². The number of carbonyl (C=O) groups excluding carboxylic acids is 3. The summed E-state index contributed by atoms with van der Waals surface area (Å²) in [4.78, 5) is 38.7. The van der Waals surface area contributed by atoms with E-state index in [9.17, 15) is 14.4 Å². The molecule has 1 aromatic rings. The lowest BCUT2D eigenvalue weighted by molar-refractivity contribution is -0.143. The zero-order chi connectivity index (χ0) is 16.8. The van der Waals surface area contributed by atoms with Crippen molar-refractivity contribution in [3.63, 3.8) is 0 Å². The van der Waals surface area contributed by atoms with E-state index in [0.717, 1.165) is 29.0 Å². The Labute approximate surface area is 140 Å². The highest BCUT2D eigenvalue weighted by Gasteiger charge is 2.59. The minimum Gasteiger partial charge on any atom is -0.324 e. The average molecular weight is 324 g/mol. The Morgan fingerprint density at radius 3 is 2.38 bits per heavy atom. The zero-order valence-corrected chi connectivity index (χ0v) is 13.6. The third kappa shape index (κ3) is 2.19. The van der Waals surface area contributed by atoms with Crippen LogP contribution in [-0.2, 0) is 20.8 Å². The van der Waals surface area contributed by atoms with Crippen molar-refractivity contribution < 1.29 is 14.4 Å². The van der Waals surface area contributed by atoms with Crippen molar-refractivity contribution in [2.45, 2.75) is 19.8 Å². The van der Waals surface area contributed by atoms with E-state index in [1.165, 1.54) is 0 Å². The maximum Gasteiger partial charge on any atom is 0.244 e. The number of aryl methyl sites for hydroxylation is 1. The lowest BCUT2D eigenvalue weighted by atomic mass is 9.85. The van der Waals surface area contributed by atoms with Crippen molar-refractivity contribution >= 4 is 23.4 Å². The number of imide groups is 1. The normalized spacial score (nSPS) is 30.1. The summed E-state index contributed by atoms with van der Waals surface area (Å²) in [5.74, 6) is -0.832. The molecule has 4 atom stereocenters. The highest BCUT2D eigenvalue weighted by Crippen LogP contribution is 2.52. The smallest absolute Gasteiger partial charge is 0.244 e. The van der Waals surface area contributed by atoms with Gasteiger partial charge in [-0.05, 0) is 36.3 Å². The fourth-order valence-electron chi connectivity index (χ4n) is 4.40. The Hall–Kier alpha value is -2.43. The molecule has 24 heavy (non-hydrogen) atoms. The molecular formula is C19H20N2O3. The van der Waals surface area contributed by atoms with E-state index < -0.39 is 0 Å². The average Bonchev–Trinajstić information content (AvgIpc) is 3.25. The molecule has 3 amide bonds. The summed E-state index contributed by atoms with van der Waals surface area (Å²) in [6, 6.07) is 7.57. The summed E-state index contributed by atoms with van der Waals surface area (Å²) >= 11 is 0. The van der Waals surface area contributed by atoms with Gasteiger partial charge in [-0.3, -0.25) is 19.3 Å². The van der Waals surface area contributed by atoms with Gasteiger partial charge in [-0.1, -0.05) is 37.3 Å². The second-order valence-electron chi connectivity index (χ2n) is 6.82. The molecule has 1 saturated carbocycles. The maximum absolute atomic E-state index is 12.6. The number of amides is 3. The number of likely N-dealkylation sites (tertiary alicyclic amines) is 1. The second-order valence-corrected chi connectivity index (χ2v) is 6.82. The fourth-order valence-corrected chi connectivity index (χ4v) is 4.40. The van der Waals surface area contributed by atoms with Crippen LogP contribution in [0.4, 0.5) is 5.69 Å². The number of allylic oxidation sites excluding steroid dienone is 2. The second kappa shape index (κ2) is 5.58. The Balaban J connectivity index is 1.47. The van der Waals surface area contributed by atoms with Gasteiger partial charge >= 0.3 is 0 Å². The number of rotatable bonds is 4. The molecule has 5 heteroatoms. The van der Waals surface area contributed by atoms with E-state index in [4.69, 9.17) is 0 Å². The van der Waals surface area contributed by atoms with Crippen LogP contribution < -0.4 is 5.32 Å². The standard InChI is InChI=1S/C19H20N2O3/c1-2-11-5-3-4-6-14(11)20-15(22)10-21-18(23)16-12-7-8-13(9-12)17(16)19(21)24/h3-8,12-13,16-17H,2,9-10H2,1H3,(H,20,22)/t12-,13-,16-,17+/m0/s1. The molecule has 0 radical (unpaired) electrons. The van der Waals surface area contributed by atoms with Gasteiger partial charge in [0.1, 0.15) is 6.54 Å². The Morgan fingerprint density at radius 1 is 1.12 bits per heavy atom. The molecule has 1 saturated heterocycles. The fraction of sp³-hybridized carbons (Fsp3) is 0.421. The van der Waals surface area contributed by atoms with Gasteiger partial charge < -0.3 is 5.32 Å². The molecule has 4 rings (SSSR count). The number of carbonyl (C=O) groups is 3. The number of para-hydroxylation sites is 1. The Morgan fingerprint density at radius 2 is 1.75 bits per heavy atom. The third-order valence-electron chi connectivity index (χ3n) is 5.54. The van der Waals surface area contributed by atoms with Crippen molar-refractivity contribution in [3.05, 3.63) is 42.0 Å². The van der Waals surface area contributed by atoms with E-state index >= 15 is 0 Å². The minimum atomic E-state index is -0.321. The molecule has 0 aromatic heterocycles.